The van der Waals surface area contributed by atoms with Gasteiger partial charge in [-0.15, -0.1) is 0 Å². The minimum absolute atomic E-state index is 0.0465. The van der Waals surface area contributed by atoms with Gasteiger partial charge in [0.05, 0.1) is 12.7 Å². The average Bonchev–Trinajstić information content (AvgIpc) is 2.71. The van der Waals surface area contributed by atoms with E-state index >= 15 is 0 Å². The number of nitrogens with one attached hydrogen (secondary N) is 1. The predicted octanol–water partition coefficient (Wildman–Crippen LogP) is 4.01. The molecular formula is C22H25NO5. The molecule has 1 aliphatic heterocycles. The molecular weight excluding hydrogens is 358 g/mol. The molecule has 0 aliphatic carbocycles. The third-order valence-corrected chi connectivity index (χ3v) is 4.79. The van der Waals surface area contributed by atoms with Gasteiger partial charge in [-0.1, -0.05) is 19.9 Å². The van der Waals surface area contributed by atoms with E-state index in [0.29, 0.717) is 30.9 Å². The molecule has 1 aliphatic rings. The SMILES string of the molecule is COC(=O)c1ccc(NC(=O)CC(c2ccc3c(c2)OCCO3)C(C)C)cc1. The molecule has 148 valence electrons. The van der Waals surface area contributed by atoms with Crippen molar-refractivity contribution in [1.82, 2.24) is 0 Å². The van der Waals surface area contributed by atoms with E-state index in [2.05, 4.69) is 23.9 Å². The molecule has 6 nitrogen and oxygen atoms in total. The van der Waals surface area contributed by atoms with Crippen LogP contribution in [0.1, 0.15) is 42.1 Å². The maximum Gasteiger partial charge on any atom is 0.337 e. The van der Waals surface area contributed by atoms with Crippen molar-refractivity contribution in [2.24, 2.45) is 5.92 Å². The summed E-state index contributed by atoms with van der Waals surface area (Å²) in [7, 11) is 1.34. The van der Waals surface area contributed by atoms with Gasteiger partial charge in [0, 0.05) is 12.1 Å². The molecule has 0 saturated heterocycles. The lowest BCUT2D eigenvalue weighted by Crippen LogP contribution is -2.20. The van der Waals surface area contributed by atoms with E-state index in [1.807, 2.05) is 18.2 Å². The van der Waals surface area contributed by atoms with Gasteiger partial charge in [-0.25, -0.2) is 4.79 Å². The maximum atomic E-state index is 12.6. The van der Waals surface area contributed by atoms with Crippen molar-refractivity contribution in [3.8, 4) is 11.5 Å². The Morgan fingerprint density at radius 1 is 1.04 bits per heavy atom. The summed E-state index contributed by atoms with van der Waals surface area (Å²) >= 11 is 0. The van der Waals surface area contributed by atoms with E-state index in [4.69, 9.17) is 9.47 Å². The van der Waals surface area contributed by atoms with Crippen LogP contribution in [0.4, 0.5) is 5.69 Å². The van der Waals surface area contributed by atoms with Gasteiger partial charge in [0.25, 0.3) is 0 Å². The first-order chi connectivity index (χ1) is 13.5. The second kappa shape index (κ2) is 8.78. The predicted molar refractivity (Wildman–Crippen MR) is 106 cm³/mol. The molecule has 0 fully saturated rings. The van der Waals surface area contributed by atoms with E-state index in [1.54, 1.807) is 24.3 Å². The average molecular weight is 383 g/mol. The third kappa shape index (κ3) is 4.63. The standard InChI is InChI=1S/C22H25NO5/c1-14(2)18(16-6-9-19-20(12-16)28-11-10-27-19)13-21(24)23-17-7-4-15(5-8-17)22(25)26-3/h4-9,12,14,18H,10-11,13H2,1-3H3,(H,23,24). The van der Waals surface area contributed by atoms with Crippen LogP contribution < -0.4 is 14.8 Å². The fourth-order valence-corrected chi connectivity index (χ4v) is 3.25. The van der Waals surface area contributed by atoms with Crippen LogP contribution in [0.5, 0.6) is 11.5 Å². The van der Waals surface area contributed by atoms with Gasteiger partial charge in [0.1, 0.15) is 13.2 Å². The molecule has 2 aromatic carbocycles. The Morgan fingerprint density at radius 3 is 2.36 bits per heavy atom. The zero-order chi connectivity index (χ0) is 20.1. The molecule has 3 rings (SSSR count). The molecule has 0 radical (unpaired) electrons. The number of anilines is 1. The molecule has 0 saturated carbocycles. The first kappa shape index (κ1) is 19.7. The lowest BCUT2D eigenvalue weighted by molar-refractivity contribution is -0.116. The molecule has 1 amide bonds. The molecule has 28 heavy (non-hydrogen) atoms. The minimum atomic E-state index is -0.406. The second-order valence-corrected chi connectivity index (χ2v) is 7.07. The van der Waals surface area contributed by atoms with Gasteiger partial charge in [0.15, 0.2) is 11.5 Å². The summed E-state index contributed by atoms with van der Waals surface area (Å²) in [5, 5.41) is 2.90. The Labute approximate surface area is 164 Å². The fourth-order valence-electron chi connectivity index (χ4n) is 3.25. The van der Waals surface area contributed by atoms with Crippen LogP contribution in [0.3, 0.4) is 0 Å². The molecule has 6 heteroatoms. The highest BCUT2D eigenvalue weighted by molar-refractivity contribution is 5.93. The van der Waals surface area contributed by atoms with Crippen molar-refractivity contribution in [2.45, 2.75) is 26.2 Å². The number of benzene rings is 2. The van der Waals surface area contributed by atoms with Crippen LogP contribution in [0, 0.1) is 5.92 Å². The number of hydrogen-bond acceptors (Lipinski definition) is 5. The van der Waals surface area contributed by atoms with Crippen molar-refractivity contribution in [2.75, 3.05) is 25.6 Å². The lowest BCUT2D eigenvalue weighted by Gasteiger charge is -2.24. The van der Waals surface area contributed by atoms with E-state index in [9.17, 15) is 9.59 Å². The highest BCUT2D eigenvalue weighted by Crippen LogP contribution is 2.36. The number of hydrogen-bond donors (Lipinski definition) is 1. The monoisotopic (exact) mass is 383 g/mol. The first-order valence-electron chi connectivity index (χ1n) is 9.35. The van der Waals surface area contributed by atoms with Crippen molar-refractivity contribution >= 4 is 17.6 Å². The van der Waals surface area contributed by atoms with E-state index in [-0.39, 0.29) is 17.7 Å². The largest absolute Gasteiger partial charge is 0.486 e. The van der Waals surface area contributed by atoms with Gasteiger partial charge < -0.3 is 19.5 Å². The number of fused-ring (bicyclic) bond motifs is 1. The van der Waals surface area contributed by atoms with Crippen LogP contribution in [0.2, 0.25) is 0 Å². The summed E-state index contributed by atoms with van der Waals surface area (Å²) in [6, 6.07) is 12.5. The molecule has 0 spiro atoms. The topological polar surface area (TPSA) is 73.9 Å². The van der Waals surface area contributed by atoms with Crippen LogP contribution in [-0.2, 0) is 9.53 Å². The zero-order valence-electron chi connectivity index (χ0n) is 16.4. The van der Waals surface area contributed by atoms with Crippen molar-refractivity contribution in [3.63, 3.8) is 0 Å². The molecule has 0 aromatic heterocycles. The van der Waals surface area contributed by atoms with Gasteiger partial charge >= 0.3 is 5.97 Å². The number of ether oxygens (including phenoxy) is 3. The first-order valence-corrected chi connectivity index (χ1v) is 9.35. The van der Waals surface area contributed by atoms with Gasteiger partial charge in [-0.3, -0.25) is 4.79 Å². The number of amides is 1. The minimum Gasteiger partial charge on any atom is -0.486 e. The highest BCUT2D eigenvalue weighted by atomic mass is 16.6. The quantitative estimate of drug-likeness (QED) is 0.763. The van der Waals surface area contributed by atoms with Crippen molar-refractivity contribution in [1.29, 1.82) is 0 Å². The number of methoxy groups -OCH3 is 1. The Morgan fingerprint density at radius 2 is 1.71 bits per heavy atom. The number of carbonyl (C=O) groups excluding carboxylic acids is 2. The van der Waals surface area contributed by atoms with Crippen LogP contribution >= 0.6 is 0 Å². The van der Waals surface area contributed by atoms with Crippen LogP contribution in [0.25, 0.3) is 0 Å². The molecule has 2 aromatic rings. The Kier molecular flexibility index (Phi) is 6.19. The Bertz CT molecular complexity index is 845. The molecule has 1 heterocycles. The fraction of sp³-hybridized carbons (Fsp3) is 0.364. The second-order valence-electron chi connectivity index (χ2n) is 7.07. The number of carbonyl (C=O) groups is 2. The van der Waals surface area contributed by atoms with E-state index in [1.165, 1.54) is 7.11 Å². The van der Waals surface area contributed by atoms with Crippen molar-refractivity contribution in [3.05, 3.63) is 53.6 Å². The summed E-state index contributed by atoms with van der Waals surface area (Å²) in [5.74, 6) is 1.30. The molecule has 1 atom stereocenters. The van der Waals surface area contributed by atoms with Gasteiger partial charge in [-0.2, -0.15) is 0 Å². The van der Waals surface area contributed by atoms with Crippen LogP contribution in [0.15, 0.2) is 42.5 Å². The summed E-state index contributed by atoms with van der Waals surface area (Å²) in [6.07, 6.45) is 0.343. The van der Waals surface area contributed by atoms with Gasteiger partial charge in [-0.05, 0) is 53.8 Å². The summed E-state index contributed by atoms with van der Waals surface area (Å²) in [6.45, 7) is 5.28. The normalized spacial score (nSPS) is 13.7. The van der Waals surface area contributed by atoms with E-state index in [0.717, 1.165) is 17.1 Å². The van der Waals surface area contributed by atoms with Gasteiger partial charge in [0.2, 0.25) is 5.91 Å². The third-order valence-electron chi connectivity index (χ3n) is 4.79. The highest BCUT2D eigenvalue weighted by Gasteiger charge is 2.22. The molecule has 1 unspecified atom stereocenters. The smallest absolute Gasteiger partial charge is 0.337 e. The number of esters is 1. The van der Waals surface area contributed by atoms with Crippen molar-refractivity contribution < 1.29 is 23.8 Å². The summed E-state index contributed by atoms with van der Waals surface area (Å²) in [5.41, 5.74) is 2.13. The maximum absolute atomic E-state index is 12.6. The lowest BCUT2D eigenvalue weighted by atomic mass is 9.85. The number of rotatable bonds is 6. The zero-order valence-corrected chi connectivity index (χ0v) is 16.4. The van der Waals surface area contributed by atoms with Crippen LogP contribution in [-0.4, -0.2) is 32.2 Å². The summed E-state index contributed by atoms with van der Waals surface area (Å²) in [4.78, 5) is 24.1. The summed E-state index contributed by atoms with van der Waals surface area (Å²) < 4.78 is 15.9. The molecule has 0 bridgehead atoms. The Hall–Kier alpha value is -3.02. The van der Waals surface area contributed by atoms with E-state index < -0.39 is 5.97 Å². The Balaban J connectivity index is 1.68. The molecule has 1 N–H and O–H groups in total.